The molecule has 20 heavy (non-hydrogen) atoms. The quantitative estimate of drug-likeness (QED) is 0.801. The molecule has 2 atom stereocenters. The van der Waals surface area contributed by atoms with Crippen molar-refractivity contribution >= 4 is 15.8 Å². The third-order valence-electron chi connectivity index (χ3n) is 3.30. The SMILES string of the molecule is O=C1CC[C@H](CCC(O)CS(=O)(=O)c2ccccc2)O1. The molecule has 1 fully saturated rings. The average molecular weight is 298 g/mol. The minimum Gasteiger partial charge on any atom is -0.462 e. The zero-order valence-electron chi connectivity index (χ0n) is 11.1. The Hall–Kier alpha value is -1.40. The van der Waals surface area contributed by atoms with Gasteiger partial charge in [0.15, 0.2) is 9.84 Å². The highest BCUT2D eigenvalue weighted by Crippen LogP contribution is 2.20. The highest BCUT2D eigenvalue weighted by molar-refractivity contribution is 7.91. The second-order valence-electron chi connectivity index (χ2n) is 4.98. The van der Waals surface area contributed by atoms with Crippen LogP contribution in [0.5, 0.6) is 0 Å². The van der Waals surface area contributed by atoms with Crippen LogP contribution >= 0.6 is 0 Å². The second-order valence-corrected chi connectivity index (χ2v) is 7.01. The fourth-order valence-corrected chi connectivity index (χ4v) is 3.66. The molecule has 0 saturated carbocycles. The zero-order chi connectivity index (χ0) is 14.6. The van der Waals surface area contributed by atoms with E-state index in [2.05, 4.69) is 0 Å². The van der Waals surface area contributed by atoms with Gasteiger partial charge in [0, 0.05) is 6.42 Å². The lowest BCUT2D eigenvalue weighted by Gasteiger charge is -2.14. The number of hydrogen-bond acceptors (Lipinski definition) is 5. The highest BCUT2D eigenvalue weighted by atomic mass is 32.2. The van der Waals surface area contributed by atoms with Crippen molar-refractivity contribution in [2.75, 3.05) is 5.75 Å². The normalized spacial score (nSPS) is 20.6. The summed E-state index contributed by atoms with van der Waals surface area (Å²) < 4.78 is 29.1. The zero-order valence-corrected chi connectivity index (χ0v) is 11.9. The fourth-order valence-electron chi connectivity index (χ4n) is 2.22. The van der Waals surface area contributed by atoms with Crippen molar-refractivity contribution in [1.29, 1.82) is 0 Å². The topological polar surface area (TPSA) is 80.7 Å². The van der Waals surface area contributed by atoms with E-state index in [0.717, 1.165) is 0 Å². The molecule has 1 aliphatic heterocycles. The molecule has 0 aromatic heterocycles. The molecule has 2 rings (SSSR count). The molecule has 0 bridgehead atoms. The van der Waals surface area contributed by atoms with Gasteiger partial charge in [0.05, 0.1) is 16.8 Å². The van der Waals surface area contributed by atoms with Crippen LogP contribution in [0.2, 0.25) is 0 Å². The van der Waals surface area contributed by atoms with Crippen LogP contribution in [0.25, 0.3) is 0 Å². The van der Waals surface area contributed by atoms with Gasteiger partial charge in [-0.2, -0.15) is 0 Å². The number of aliphatic hydroxyl groups is 1. The summed E-state index contributed by atoms with van der Waals surface area (Å²) in [6.07, 6.45) is 0.734. The molecule has 0 radical (unpaired) electrons. The Morgan fingerprint density at radius 2 is 2.00 bits per heavy atom. The van der Waals surface area contributed by atoms with E-state index in [1.807, 2.05) is 0 Å². The molecule has 6 heteroatoms. The van der Waals surface area contributed by atoms with Crippen LogP contribution in [0.4, 0.5) is 0 Å². The molecule has 110 valence electrons. The van der Waals surface area contributed by atoms with Gasteiger partial charge in [0.25, 0.3) is 0 Å². The first-order chi connectivity index (χ1) is 9.47. The Balaban J connectivity index is 1.85. The average Bonchev–Trinajstić information content (AvgIpc) is 2.83. The Bertz CT molecular complexity index is 552. The third kappa shape index (κ3) is 4.05. The molecule has 1 aliphatic rings. The maximum Gasteiger partial charge on any atom is 0.306 e. The number of carbonyl (C=O) groups is 1. The van der Waals surface area contributed by atoms with Crippen molar-refractivity contribution in [2.45, 2.75) is 42.8 Å². The van der Waals surface area contributed by atoms with E-state index in [-0.39, 0.29) is 22.7 Å². The van der Waals surface area contributed by atoms with E-state index < -0.39 is 15.9 Å². The Morgan fingerprint density at radius 3 is 2.60 bits per heavy atom. The molecule has 5 nitrogen and oxygen atoms in total. The van der Waals surface area contributed by atoms with Crippen LogP contribution in [0.15, 0.2) is 35.2 Å². The van der Waals surface area contributed by atoms with E-state index >= 15 is 0 Å². The number of rotatable bonds is 6. The van der Waals surface area contributed by atoms with Crippen molar-refractivity contribution < 1.29 is 23.1 Å². The molecule has 0 amide bonds. The monoisotopic (exact) mass is 298 g/mol. The summed E-state index contributed by atoms with van der Waals surface area (Å²) in [4.78, 5) is 11.1. The molecule has 0 aliphatic carbocycles. The maximum absolute atomic E-state index is 12.0. The van der Waals surface area contributed by atoms with Crippen LogP contribution in [0.3, 0.4) is 0 Å². The summed E-state index contributed by atoms with van der Waals surface area (Å²) in [5.74, 6) is -0.529. The molecule has 0 spiro atoms. The number of cyclic esters (lactones) is 1. The van der Waals surface area contributed by atoms with Crippen LogP contribution in [-0.2, 0) is 19.4 Å². The van der Waals surface area contributed by atoms with Gasteiger partial charge in [-0.25, -0.2) is 8.42 Å². The molecule has 1 N–H and O–H groups in total. The van der Waals surface area contributed by atoms with Crippen LogP contribution in [0, 0.1) is 0 Å². The van der Waals surface area contributed by atoms with Crippen LogP contribution in [-0.4, -0.2) is 37.5 Å². The lowest BCUT2D eigenvalue weighted by molar-refractivity contribution is -0.141. The standard InChI is InChI=1S/C14H18O5S/c15-11(6-7-12-8-9-14(16)19-12)10-20(17,18)13-4-2-1-3-5-13/h1-5,11-12,15H,6-10H2/t11?,12-/m0/s1. The molecular weight excluding hydrogens is 280 g/mol. The largest absolute Gasteiger partial charge is 0.462 e. The number of benzene rings is 1. The van der Waals surface area contributed by atoms with Gasteiger partial charge in [0.1, 0.15) is 6.10 Å². The molecule has 1 saturated heterocycles. The number of esters is 1. The first-order valence-corrected chi connectivity index (χ1v) is 8.28. The summed E-state index contributed by atoms with van der Waals surface area (Å²) >= 11 is 0. The number of aliphatic hydroxyl groups excluding tert-OH is 1. The maximum atomic E-state index is 12.0. The number of ether oxygens (including phenoxy) is 1. The lowest BCUT2D eigenvalue weighted by atomic mass is 10.1. The van der Waals surface area contributed by atoms with Crippen molar-refractivity contribution in [3.63, 3.8) is 0 Å². The molecule has 1 unspecified atom stereocenters. The fraction of sp³-hybridized carbons (Fsp3) is 0.500. The van der Waals surface area contributed by atoms with Crippen molar-refractivity contribution in [2.24, 2.45) is 0 Å². The molecule has 1 aromatic rings. The number of carbonyl (C=O) groups excluding carboxylic acids is 1. The molecule has 1 aromatic carbocycles. The van der Waals surface area contributed by atoms with Gasteiger partial charge in [-0.05, 0) is 31.4 Å². The van der Waals surface area contributed by atoms with Crippen LogP contribution < -0.4 is 0 Å². The summed E-state index contributed by atoms with van der Waals surface area (Å²) in [5, 5.41) is 9.85. The number of hydrogen-bond donors (Lipinski definition) is 1. The van der Waals surface area contributed by atoms with E-state index in [1.165, 1.54) is 12.1 Å². The van der Waals surface area contributed by atoms with Gasteiger partial charge in [-0.1, -0.05) is 18.2 Å². The van der Waals surface area contributed by atoms with E-state index in [9.17, 15) is 18.3 Å². The molecule has 1 heterocycles. The smallest absolute Gasteiger partial charge is 0.306 e. The molecular formula is C14H18O5S. The Morgan fingerprint density at radius 1 is 1.30 bits per heavy atom. The first-order valence-electron chi connectivity index (χ1n) is 6.63. The summed E-state index contributed by atoms with van der Waals surface area (Å²) in [6, 6.07) is 8.07. The predicted molar refractivity (Wildman–Crippen MR) is 72.8 cm³/mol. The summed E-state index contributed by atoms with van der Waals surface area (Å²) in [5.41, 5.74) is 0. The van der Waals surface area contributed by atoms with Gasteiger partial charge in [-0.15, -0.1) is 0 Å². The third-order valence-corrected chi connectivity index (χ3v) is 5.12. The van der Waals surface area contributed by atoms with E-state index in [0.29, 0.717) is 25.7 Å². The highest BCUT2D eigenvalue weighted by Gasteiger charge is 2.25. The van der Waals surface area contributed by atoms with Gasteiger partial charge in [-0.3, -0.25) is 4.79 Å². The second kappa shape index (κ2) is 6.37. The van der Waals surface area contributed by atoms with Gasteiger partial charge >= 0.3 is 5.97 Å². The van der Waals surface area contributed by atoms with E-state index in [1.54, 1.807) is 18.2 Å². The Kier molecular flexibility index (Phi) is 4.77. The Labute approximate surface area is 118 Å². The summed E-state index contributed by atoms with van der Waals surface area (Å²) in [6.45, 7) is 0. The predicted octanol–water partition coefficient (Wildman–Crippen LogP) is 1.31. The first kappa shape index (κ1) is 15.0. The van der Waals surface area contributed by atoms with Gasteiger partial charge < -0.3 is 9.84 Å². The number of sulfone groups is 1. The van der Waals surface area contributed by atoms with Crippen molar-refractivity contribution in [3.05, 3.63) is 30.3 Å². The minimum absolute atomic E-state index is 0.184. The van der Waals surface area contributed by atoms with E-state index in [4.69, 9.17) is 4.74 Å². The van der Waals surface area contributed by atoms with Crippen molar-refractivity contribution in [3.8, 4) is 0 Å². The summed E-state index contributed by atoms with van der Waals surface area (Å²) in [7, 11) is -3.47. The van der Waals surface area contributed by atoms with Crippen molar-refractivity contribution in [1.82, 2.24) is 0 Å². The van der Waals surface area contributed by atoms with Gasteiger partial charge in [0.2, 0.25) is 0 Å². The minimum atomic E-state index is -3.47. The lowest BCUT2D eigenvalue weighted by Crippen LogP contribution is -2.22. The van der Waals surface area contributed by atoms with Crippen LogP contribution in [0.1, 0.15) is 25.7 Å².